The summed E-state index contributed by atoms with van der Waals surface area (Å²) in [4.78, 5) is 5.24. The second kappa shape index (κ2) is 3.12. The van der Waals surface area contributed by atoms with E-state index in [0.29, 0.717) is 0 Å². The van der Waals surface area contributed by atoms with E-state index in [0.717, 1.165) is 16.3 Å². The highest BCUT2D eigenvalue weighted by Crippen LogP contribution is 2.12. The number of rotatable bonds is 2. The third-order valence-electron chi connectivity index (χ3n) is 1.17. The summed E-state index contributed by atoms with van der Waals surface area (Å²) in [5, 5.41) is 10.1. The van der Waals surface area contributed by atoms with Crippen LogP contribution in [0.2, 0.25) is 0 Å². The average Bonchev–Trinajstić information content (AvgIpc) is 2.13. The molecular weight excluding hydrogens is 146 g/mol. The van der Waals surface area contributed by atoms with E-state index in [4.69, 9.17) is 5.11 Å². The Morgan fingerprint density at radius 1 is 1.80 bits per heavy atom. The minimum Gasteiger partial charge on any atom is -0.393 e. The Kier molecular flexibility index (Phi) is 2.40. The fourth-order valence-electron chi connectivity index (χ4n) is 0.791. The standard InChI is InChI=1S/C7H11NOS/c1-5(9)3-7-4-8-6(2)10-7/h4-5,9H,3H2,1-2H3. The molecule has 0 bridgehead atoms. The normalized spacial score (nSPS) is 13.5. The van der Waals surface area contributed by atoms with E-state index in [1.54, 1.807) is 18.3 Å². The summed E-state index contributed by atoms with van der Waals surface area (Å²) >= 11 is 1.64. The molecule has 0 aliphatic carbocycles. The van der Waals surface area contributed by atoms with Crippen LogP contribution in [-0.2, 0) is 6.42 Å². The summed E-state index contributed by atoms with van der Waals surface area (Å²) < 4.78 is 0. The highest BCUT2D eigenvalue weighted by Gasteiger charge is 2.01. The van der Waals surface area contributed by atoms with Gasteiger partial charge >= 0.3 is 0 Å². The van der Waals surface area contributed by atoms with Gasteiger partial charge < -0.3 is 5.11 Å². The molecule has 1 rings (SSSR count). The van der Waals surface area contributed by atoms with Crippen LogP contribution in [0.5, 0.6) is 0 Å². The van der Waals surface area contributed by atoms with Gasteiger partial charge in [0.05, 0.1) is 11.1 Å². The van der Waals surface area contributed by atoms with Crippen molar-refractivity contribution < 1.29 is 5.11 Å². The van der Waals surface area contributed by atoms with Crippen LogP contribution in [0.4, 0.5) is 0 Å². The lowest BCUT2D eigenvalue weighted by Crippen LogP contribution is -2.01. The lowest BCUT2D eigenvalue weighted by molar-refractivity contribution is 0.196. The van der Waals surface area contributed by atoms with Crippen LogP contribution in [0.25, 0.3) is 0 Å². The zero-order valence-corrected chi connectivity index (χ0v) is 6.98. The molecule has 0 fully saturated rings. The van der Waals surface area contributed by atoms with Gasteiger partial charge in [0.25, 0.3) is 0 Å². The van der Waals surface area contributed by atoms with Crippen LogP contribution in [0.15, 0.2) is 6.20 Å². The van der Waals surface area contributed by atoms with Crippen molar-refractivity contribution in [1.82, 2.24) is 4.98 Å². The number of aromatic nitrogens is 1. The summed E-state index contributed by atoms with van der Waals surface area (Å²) in [5.41, 5.74) is 0. The number of thiazole rings is 1. The first-order valence-corrected chi connectivity index (χ1v) is 4.09. The van der Waals surface area contributed by atoms with Crippen molar-refractivity contribution in [3.63, 3.8) is 0 Å². The van der Waals surface area contributed by atoms with Gasteiger partial charge in [0, 0.05) is 17.5 Å². The molecule has 0 radical (unpaired) electrons. The Morgan fingerprint density at radius 2 is 2.50 bits per heavy atom. The SMILES string of the molecule is Cc1ncc(CC(C)O)s1. The first-order valence-electron chi connectivity index (χ1n) is 3.28. The Hall–Kier alpha value is -0.410. The Balaban J connectivity index is 2.58. The maximum atomic E-state index is 8.99. The van der Waals surface area contributed by atoms with Gasteiger partial charge in [0.2, 0.25) is 0 Å². The van der Waals surface area contributed by atoms with Gasteiger partial charge in [-0.3, -0.25) is 0 Å². The molecule has 0 saturated carbocycles. The number of hydrogen-bond donors (Lipinski definition) is 1. The van der Waals surface area contributed by atoms with E-state index in [-0.39, 0.29) is 6.10 Å². The molecule has 56 valence electrons. The van der Waals surface area contributed by atoms with Crippen molar-refractivity contribution in [3.05, 3.63) is 16.1 Å². The topological polar surface area (TPSA) is 33.1 Å². The zero-order valence-electron chi connectivity index (χ0n) is 6.16. The van der Waals surface area contributed by atoms with Gasteiger partial charge in [-0.15, -0.1) is 11.3 Å². The van der Waals surface area contributed by atoms with Crippen molar-refractivity contribution in [2.45, 2.75) is 26.4 Å². The summed E-state index contributed by atoms with van der Waals surface area (Å²) in [6.45, 7) is 3.76. The molecule has 2 nitrogen and oxygen atoms in total. The van der Waals surface area contributed by atoms with E-state index in [1.165, 1.54) is 0 Å². The fourth-order valence-corrected chi connectivity index (χ4v) is 1.71. The largest absolute Gasteiger partial charge is 0.393 e. The van der Waals surface area contributed by atoms with Crippen LogP contribution < -0.4 is 0 Å². The van der Waals surface area contributed by atoms with Crippen LogP contribution in [0, 0.1) is 6.92 Å². The zero-order chi connectivity index (χ0) is 7.56. The molecule has 1 heterocycles. The second-order valence-corrected chi connectivity index (χ2v) is 3.72. The molecule has 1 atom stereocenters. The first-order chi connectivity index (χ1) is 4.68. The predicted molar refractivity (Wildman–Crippen MR) is 42.2 cm³/mol. The maximum absolute atomic E-state index is 8.99. The molecular formula is C7H11NOS. The molecule has 0 aliphatic heterocycles. The molecule has 1 aromatic heterocycles. The molecule has 0 amide bonds. The quantitative estimate of drug-likeness (QED) is 0.703. The minimum absolute atomic E-state index is 0.250. The van der Waals surface area contributed by atoms with Gasteiger partial charge in [0.1, 0.15) is 0 Å². The van der Waals surface area contributed by atoms with Crippen LogP contribution in [0.1, 0.15) is 16.8 Å². The van der Waals surface area contributed by atoms with E-state index >= 15 is 0 Å². The maximum Gasteiger partial charge on any atom is 0.0896 e. The van der Waals surface area contributed by atoms with Gasteiger partial charge in [-0.1, -0.05) is 0 Å². The summed E-state index contributed by atoms with van der Waals surface area (Å²) in [6, 6.07) is 0. The van der Waals surface area contributed by atoms with Gasteiger partial charge in [0.15, 0.2) is 0 Å². The van der Waals surface area contributed by atoms with Crippen molar-refractivity contribution in [2.24, 2.45) is 0 Å². The number of aliphatic hydroxyl groups excluding tert-OH is 1. The van der Waals surface area contributed by atoms with E-state index in [9.17, 15) is 0 Å². The molecule has 0 aromatic carbocycles. The minimum atomic E-state index is -0.250. The highest BCUT2D eigenvalue weighted by atomic mass is 32.1. The van der Waals surface area contributed by atoms with Crippen molar-refractivity contribution in [2.75, 3.05) is 0 Å². The first kappa shape index (κ1) is 7.69. The lowest BCUT2D eigenvalue weighted by Gasteiger charge is -1.97. The fraction of sp³-hybridized carbons (Fsp3) is 0.571. The van der Waals surface area contributed by atoms with Crippen molar-refractivity contribution in [3.8, 4) is 0 Å². The molecule has 0 spiro atoms. The van der Waals surface area contributed by atoms with Crippen LogP contribution in [0.3, 0.4) is 0 Å². The number of nitrogens with zero attached hydrogens (tertiary/aromatic N) is 1. The molecule has 1 N–H and O–H groups in total. The third-order valence-corrected chi connectivity index (χ3v) is 2.10. The molecule has 3 heteroatoms. The smallest absolute Gasteiger partial charge is 0.0896 e. The molecule has 0 saturated heterocycles. The average molecular weight is 157 g/mol. The number of aryl methyl sites for hydroxylation is 1. The summed E-state index contributed by atoms with van der Waals surface area (Å²) in [5.74, 6) is 0. The molecule has 1 unspecified atom stereocenters. The van der Waals surface area contributed by atoms with Gasteiger partial charge in [-0.25, -0.2) is 4.98 Å². The van der Waals surface area contributed by atoms with Crippen molar-refractivity contribution in [1.29, 1.82) is 0 Å². The van der Waals surface area contributed by atoms with E-state index < -0.39 is 0 Å². The molecule has 10 heavy (non-hydrogen) atoms. The Labute approximate surface area is 64.5 Å². The van der Waals surface area contributed by atoms with E-state index in [1.807, 2.05) is 13.1 Å². The predicted octanol–water partition coefficient (Wildman–Crippen LogP) is 1.37. The summed E-state index contributed by atoms with van der Waals surface area (Å²) in [6.07, 6.45) is 2.30. The monoisotopic (exact) mass is 157 g/mol. The number of hydrogen-bond acceptors (Lipinski definition) is 3. The van der Waals surface area contributed by atoms with Gasteiger partial charge in [-0.05, 0) is 13.8 Å². The molecule has 1 aromatic rings. The Bertz CT molecular complexity index is 207. The lowest BCUT2D eigenvalue weighted by atomic mass is 10.3. The highest BCUT2D eigenvalue weighted by molar-refractivity contribution is 7.11. The number of aliphatic hydroxyl groups is 1. The third kappa shape index (κ3) is 2.08. The second-order valence-electron chi connectivity index (χ2n) is 2.40. The summed E-state index contributed by atoms with van der Waals surface area (Å²) in [7, 11) is 0. The van der Waals surface area contributed by atoms with Crippen LogP contribution >= 0.6 is 11.3 Å². The Morgan fingerprint density at radius 3 is 2.90 bits per heavy atom. The van der Waals surface area contributed by atoms with Gasteiger partial charge in [-0.2, -0.15) is 0 Å². The molecule has 0 aliphatic rings. The van der Waals surface area contributed by atoms with Crippen LogP contribution in [-0.4, -0.2) is 16.2 Å². The van der Waals surface area contributed by atoms with E-state index in [2.05, 4.69) is 4.98 Å². The van der Waals surface area contributed by atoms with Crippen molar-refractivity contribution >= 4 is 11.3 Å².